The number of nitrogens with one attached hydrogen (secondary N) is 3. The summed E-state index contributed by atoms with van der Waals surface area (Å²) in [5.74, 6) is 0.802. The van der Waals surface area contributed by atoms with Crippen LogP contribution in [0.25, 0.3) is 33.8 Å². The first-order chi connectivity index (χ1) is 14.1. The predicted octanol–water partition coefficient (Wildman–Crippen LogP) is 2.91. The SMILES string of the molecule is Cc1c(F)ccc2[nH]c(-c3nc(-c4c[nH]nc4C4CCNCC4)cnc3N)nc12. The molecule has 4 aromatic rings. The van der Waals surface area contributed by atoms with Crippen molar-refractivity contribution >= 4 is 16.9 Å². The van der Waals surface area contributed by atoms with Crippen LogP contribution in [0.15, 0.2) is 24.5 Å². The number of piperidine rings is 1. The average molecular weight is 392 g/mol. The van der Waals surface area contributed by atoms with Gasteiger partial charge in [-0.2, -0.15) is 5.10 Å². The van der Waals surface area contributed by atoms with E-state index in [-0.39, 0.29) is 11.6 Å². The third kappa shape index (κ3) is 3.03. The molecular formula is C20H21FN8. The molecule has 0 radical (unpaired) electrons. The zero-order valence-electron chi connectivity index (χ0n) is 16.0. The van der Waals surface area contributed by atoms with Crippen molar-refractivity contribution in [2.24, 2.45) is 0 Å². The van der Waals surface area contributed by atoms with Gasteiger partial charge in [-0.05, 0) is 45.0 Å². The highest BCUT2D eigenvalue weighted by molar-refractivity contribution is 5.83. The molecule has 1 saturated heterocycles. The van der Waals surface area contributed by atoms with Crippen molar-refractivity contribution < 1.29 is 4.39 Å². The molecule has 0 amide bonds. The van der Waals surface area contributed by atoms with Crippen molar-refractivity contribution in [2.75, 3.05) is 18.8 Å². The molecule has 8 nitrogen and oxygen atoms in total. The van der Waals surface area contributed by atoms with Crippen molar-refractivity contribution in [1.82, 2.24) is 35.5 Å². The van der Waals surface area contributed by atoms with Crippen molar-refractivity contribution in [3.63, 3.8) is 0 Å². The van der Waals surface area contributed by atoms with E-state index in [4.69, 9.17) is 10.7 Å². The van der Waals surface area contributed by atoms with Gasteiger partial charge in [0.1, 0.15) is 11.5 Å². The van der Waals surface area contributed by atoms with Crippen LogP contribution >= 0.6 is 0 Å². The van der Waals surface area contributed by atoms with Crippen LogP contribution in [0.5, 0.6) is 0 Å². The van der Waals surface area contributed by atoms with Crippen LogP contribution in [0.3, 0.4) is 0 Å². The van der Waals surface area contributed by atoms with Gasteiger partial charge in [0.2, 0.25) is 0 Å². The molecule has 148 valence electrons. The number of nitrogens with zero attached hydrogens (tertiary/aromatic N) is 4. The van der Waals surface area contributed by atoms with Crippen molar-refractivity contribution in [2.45, 2.75) is 25.7 Å². The first kappa shape index (κ1) is 17.7. The van der Waals surface area contributed by atoms with Crippen LogP contribution in [0.4, 0.5) is 10.2 Å². The molecule has 0 bridgehead atoms. The normalized spacial score (nSPS) is 15.2. The highest BCUT2D eigenvalue weighted by Gasteiger charge is 2.23. The Hall–Kier alpha value is -3.33. The van der Waals surface area contributed by atoms with Crippen LogP contribution < -0.4 is 11.1 Å². The zero-order valence-corrected chi connectivity index (χ0v) is 16.0. The maximum absolute atomic E-state index is 13.9. The minimum absolute atomic E-state index is 0.262. The van der Waals surface area contributed by atoms with Crippen LogP contribution in [0, 0.1) is 12.7 Å². The Morgan fingerprint density at radius 1 is 1.17 bits per heavy atom. The summed E-state index contributed by atoms with van der Waals surface area (Å²) >= 11 is 0. The highest BCUT2D eigenvalue weighted by Crippen LogP contribution is 2.33. The number of H-pyrrole nitrogens is 2. The molecule has 5 rings (SSSR count). The molecule has 5 N–H and O–H groups in total. The van der Waals surface area contributed by atoms with E-state index in [2.05, 4.69) is 30.5 Å². The third-order valence-electron chi connectivity index (χ3n) is 5.54. The molecule has 0 atom stereocenters. The van der Waals surface area contributed by atoms with E-state index < -0.39 is 0 Å². The van der Waals surface area contributed by atoms with Gasteiger partial charge in [0.25, 0.3) is 0 Å². The van der Waals surface area contributed by atoms with Crippen LogP contribution in [0.2, 0.25) is 0 Å². The summed E-state index contributed by atoms with van der Waals surface area (Å²) in [6.07, 6.45) is 5.56. The Morgan fingerprint density at radius 3 is 2.83 bits per heavy atom. The summed E-state index contributed by atoms with van der Waals surface area (Å²) in [6.45, 7) is 3.65. The van der Waals surface area contributed by atoms with Crippen LogP contribution in [-0.4, -0.2) is 43.2 Å². The maximum Gasteiger partial charge on any atom is 0.161 e. The summed E-state index contributed by atoms with van der Waals surface area (Å²) in [6, 6.07) is 3.08. The first-order valence-electron chi connectivity index (χ1n) is 9.64. The molecule has 9 heteroatoms. The summed E-state index contributed by atoms with van der Waals surface area (Å²) in [5.41, 5.74) is 10.9. The Balaban J connectivity index is 1.59. The van der Waals surface area contributed by atoms with Crippen molar-refractivity contribution in [1.29, 1.82) is 0 Å². The lowest BCUT2D eigenvalue weighted by Gasteiger charge is -2.21. The largest absolute Gasteiger partial charge is 0.382 e. The van der Waals surface area contributed by atoms with Gasteiger partial charge in [0.05, 0.1) is 28.6 Å². The molecule has 1 aromatic carbocycles. The quantitative estimate of drug-likeness (QED) is 0.425. The number of halogens is 1. The fraction of sp³-hybridized carbons (Fsp3) is 0.300. The Labute approximate surface area is 166 Å². The molecule has 4 heterocycles. The van der Waals surface area contributed by atoms with E-state index in [9.17, 15) is 4.39 Å². The Kier molecular flexibility index (Phi) is 4.24. The third-order valence-corrected chi connectivity index (χ3v) is 5.54. The summed E-state index contributed by atoms with van der Waals surface area (Å²) in [5, 5.41) is 10.8. The van der Waals surface area contributed by atoms with E-state index >= 15 is 0 Å². The average Bonchev–Trinajstić information content (AvgIpc) is 3.40. The van der Waals surface area contributed by atoms with Crippen molar-refractivity contribution in [3.05, 3.63) is 41.6 Å². The van der Waals surface area contributed by atoms with Gasteiger partial charge in [0, 0.05) is 23.2 Å². The molecule has 3 aromatic heterocycles. The lowest BCUT2D eigenvalue weighted by atomic mass is 9.91. The van der Waals surface area contributed by atoms with E-state index in [0.717, 1.165) is 42.7 Å². The van der Waals surface area contributed by atoms with E-state index in [1.165, 1.54) is 6.07 Å². The molecule has 0 spiro atoms. The number of anilines is 1. The van der Waals surface area contributed by atoms with E-state index in [0.29, 0.717) is 34.2 Å². The van der Waals surface area contributed by atoms with Gasteiger partial charge in [-0.1, -0.05) is 0 Å². The minimum atomic E-state index is -0.298. The Bertz CT molecular complexity index is 1190. The second kappa shape index (κ2) is 6.93. The van der Waals surface area contributed by atoms with Crippen LogP contribution in [-0.2, 0) is 0 Å². The summed E-state index contributed by atoms with van der Waals surface area (Å²) in [4.78, 5) is 16.8. The number of nitrogen functional groups attached to an aromatic ring is 1. The number of hydrogen-bond acceptors (Lipinski definition) is 6. The minimum Gasteiger partial charge on any atom is -0.382 e. The van der Waals surface area contributed by atoms with E-state index in [1.807, 2.05) is 6.20 Å². The molecule has 0 saturated carbocycles. The van der Waals surface area contributed by atoms with Crippen molar-refractivity contribution in [3.8, 4) is 22.8 Å². The zero-order chi connectivity index (χ0) is 20.0. The van der Waals surface area contributed by atoms with Crippen LogP contribution in [0.1, 0.15) is 30.0 Å². The van der Waals surface area contributed by atoms with Gasteiger partial charge >= 0.3 is 0 Å². The highest BCUT2D eigenvalue weighted by atomic mass is 19.1. The molecular weight excluding hydrogens is 371 g/mol. The lowest BCUT2D eigenvalue weighted by molar-refractivity contribution is 0.453. The van der Waals surface area contributed by atoms with Gasteiger partial charge in [0.15, 0.2) is 11.6 Å². The fourth-order valence-corrected chi connectivity index (χ4v) is 3.91. The molecule has 0 unspecified atom stereocenters. The standard InChI is InChI=1S/C20H21FN8/c1-10-13(21)2-3-14-16(10)28-20(27-14)18-19(22)24-9-15(26-18)12-8-25-29-17(12)11-4-6-23-7-5-11/h2-3,8-9,11,23H,4-7H2,1H3,(H2,22,24)(H,25,29)(H,27,28). The second-order valence-electron chi connectivity index (χ2n) is 7.35. The van der Waals surface area contributed by atoms with Gasteiger partial charge in [-0.15, -0.1) is 0 Å². The number of aromatic amines is 2. The predicted molar refractivity (Wildman–Crippen MR) is 109 cm³/mol. The number of nitrogens with two attached hydrogens (primary N) is 1. The van der Waals surface area contributed by atoms with E-state index in [1.54, 1.807) is 19.2 Å². The molecule has 1 fully saturated rings. The number of hydrogen-bond donors (Lipinski definition) is 4. The summed E-state index contributed by atoms with van der Waals surface area (Å²) < 4.78 is 13.9. The van der Waals surface area contributed by atoms with Gasteiger partial charge in [-0.3, -0.25) is 5.10 Å². The number of aryl methyl sites for hydroxylation is 1. The number of imidazole rings is 1. The summed E-state index contributed by atoms with van der Waals surface area (Å²) in [7, 11) is 0. The molecule has 1 aliphatic heterocycles. The number of benzene rings is 1. The lowest BCUT2D eigenvalue weighted by Crippen LogP contribution is -2.27. The number of rotatable bonds is 3. The van der Waals surface area contributed by atoms with Gasteiger partial charge in [-0.25, -0.2) is 19.3 Å². The number of aromatic nitrogens is 6. The molecule has 29 heavy (non-hydrogen) atoms. The monoisotopic (exact) mass is 392 g/mol. The second-order valence-corrected chi connectivity index (χ2v) is 7.35. The smallest absolute Gasteiger partial charge is 0.161 e. The molecule has 0 aliphatic carbocycles. The van der Waals surface area contributed by atoms with Gasteiger partial charge < -0.3 is 16.0 Å². The number of fused-ring (bicyclic) bond motifs is 1. The fourth-order valence-electron chi connectivity index (χ4n) is 3.91. The molecule has 1 aliphatic rings. The Morgan fingerprint density at radius 2 is 2.00 bits per heavy atom. The maximum atomic E-state index is 13.9. The first-order valence-corrected chi connectivity index (χ1v) is 9.64. The topological polar surface area (TPSA) is 121 Å².